The number of rotatable bonds is 4. The fourth-order valence-corrected chi connectivity index (χ4v) is 2.52. The van der Waals surface area contributed by atoms with Gasteiger partial charge in [0.1, 0.15) is 0 Å². The Morgan fingerprint density at radius 1 is 1.22 bits per heavy atom. The smallest absolute Gasteiger partial charge is 0.237 e. The minimum atomic E-state index is -0.436. The van der Waals surface area contributed by atoms with Crippen molar-refractivity contribution in [3.05, 3.63) is 35.9 Å². The largest absolute Gasteiger partial charge is 0.352 e. The molecule has 0 unspecified atom stereocenters. The van der Waals surface area contributed by atoms with Crippen molar-refractivity contribution < 1.29 is 4.79 Å². The lowest BCUT2D eigenvalue weighted by Crippen LogP contribution is -2.46. The predicted molar refractivity (Wildman–Crippen MR) is 73.1 cm³/mol. The van der Waals surface area contributed by atoms with Crippen LogP contribution in [0.1, 0.15) is 37.7 Å². The number of nitrogens with two attached hydrogens (primary N) is 1. The zero-order chi connectivity index (χ0) is 12.8. The van der Waals surface area contributed by atoms with Gasteiger partial charge in [0.05, 0.1) is 6.04 Å². The average Bonchev–Trinajstić information content (AvgIpc) is 2.41. The van der Waals surface area contributed by atoms with Gasteiger partial charge in [0.15, 0.2) is 0 Å². The molecule has 1 aromatic rings. The molecule has 1 atom stereocenters. The van der Waals surface area contributed by atoms with E-state index in [4.69, 9.17) is 5.73 Å². The molecular formula is C15H22N2O. The Bertz CT molecular complexity index is 371. The van der Waals surface area contributed by atoms with E-state index in [2.05, 4.69) is 5.32 Å². The minimum absolute atomic E-state index is 0.00856. The van der Waals surface area contributed by atoms with Crippen molar-refractivity contribution in [1.29, 1.82) is 0 Å². The third kappa shape index (κ3) is 3.84. The SMILES string of the molecule is N[C@@H](Cc1ccccc1)C(=O)NC1CCCCC1. The molecule has 0 saturated heterocycles. The fourth-order valence-electron chi connectivity index (χ4n) is 2.52. The number of amides is 1. The summed E-state index contributed by atoms with van der Waals surface area (Å²) < 4.78 is 0. The number of hydrogen-bond donors (Lipinski definition) is 2. The van der Waals surface area contributed by atoms with Crippen molar-refractivity contribution in [3.8, 4) is 0 Å². The quantitative estimate of drug-likeness (QED) is 0.854. The molecule has 0 spiro atoms. The molecule has 1 aliphatic carbocycles. The van der Waals surface area contributed by atoms with E-state index in [1.165, 1.54) is 19.3 Å². The Morgan fingerprint density at radius 3 is 2.56 bits per heavy atom. The zero-order valence-corrected chi connectivity index (χ0v) is 10.8. The minimum Gasteiger partial charge on any atom is -0.352 e. The Hall–Kier alpha value is -1.35. The predicted octanol–water partition coefficient (Wildman–Crippen LogP) is 2.01. The first-order valence-corrected chi connectivity index (χ1v) is 6.85. The molecule has 2 rings (SSSR count). The Kier molecular flexibility index (Phi) is 4.76. The molecular weight excluding hydrogens is 224 g/mol. The van der Waals surface area contributed by atoms with Crippen molar-refractivity contribution >= 4 is 5.91 Å². The second-order valence-corrected chi connectivity index (χ2v) is 5.14. The highest BCUT2D eigenvalue weighted by Crippen LogP contribution is 2.17. The molecule has 0 aliphatic heterocycles. The molecule has 0 aromatic heterocycles. The standard InChI is InChI=1S/C15H22N2O/c16-14(11-12-7-3-1-4-8-12)15(18)17-13-9-5-2-6-10-13/h1,3-4,7-8,13-14H,2,5-6,9-11,16H2,(H,17,18)/t14-/m0/s1. The van der Waals surface area contributed by atoms with Crippen LogP contribution in [-0.2, 0) is 11.2 Å². The number of nitrogens with one attached hydrogen (secondary N) is 1. The van der Waals surface area contributed by atoms with Crippen LogP contribution in [-0.4, -0.2) is 18.0 Å². The summed E-state index contributed by atoms with van der Waals surface area (Å²) >= 11 is 0. The topological polar surface area (TPSA) is 55.1 Å². The molecule has 3 N–H and O–H groups in total. The van der Waals surface area contributed by atoms with Crippen LogP contribution in [0, 0.1) is 0 Å². The molecule has 0 heterocycles. The Balaban J connectivity index is 1.81. The van der Waals surface area contributed by atoms with Crippen LogP contribution >= 0.6 is 0 Å². The van der Waals surface area contributed by atoms with Crippen molar-refractivity contribution in [2.24, 2.45) is 5.73 Å². The summed E-state index contributed by atoms with van der Waals surface area (Å²) in [5.41, 5.74) is 7.07. The second kappa shape index (κ2) is 6.55. The van der Waals surface area contributed by atoms with Crippen LogP contribution in [0.2, 0.25) is 0 Å². The number of benzene rings is 1. The van der Waals surface area contributed by atoms with E-state index in [-0.39, 0.29) is 5.91 Å². The van der Waals surface area contributed by atoms with Gasteiger partial charge in [0.25, 0.3) is 0 Å². The molecule has 1 aromatic carbocycles. The maximum atomic E-state index is 12.0. The van der Waals surface area contributed by atoms with E-state index in [0.717, 1.165) is 18.4 Å². The second-order valence-electron chi connectivity index (χ2n) is 5.14. The number of carbonyl (C=O) groups is 1. The Morgan fingerprint density at radius 2 is 1.89 bits per heavy atom. The van der Waals surface area contributed by atoms with Gasteiger partial charge in [0.2, 0.25) is 5.91 Å². The maximum Gasteiger partial charge on any atom is 0.237 e. The van der Waals surface area contributed by atoms with Crippen LogP contribution < -0.4 is 11.1 Å². The highest BCUT2D eigenvalue weighted by atomic mass is 16.2. The van der Waals surface area contributed by atoms with E-state index in [0.29, 0.717) is 12.5 Å². The fraction of sp³-hybridized carbons (Fsp3) is 0.533. The lowest BCUT2D eigenvalue weighted by atomic mass is 9.95. The van der Waals surface area contributed by atoms with Gasteiger partial charge in [-0.2, -0.15) is 0 Å². The lowest BCUT2D eigenvalue weighted by Gasteiger charge is -2.24. The average molecular weight is 246 g/mol. The molecule has 18 heavy (non-hydrogen) atoms. The molecule has 1 saturated carbocycles. The van der Waals surface area contributed by atoms with Crippen molar-refractivity contribution in [2.75, 3.05) is 0 Å². The zero-order valence-electron chi connectivity index (χ0n) is 10.8. The first kappa shape index (κ1) is 13.1. The summed E-state index contributed by atoms with van der Waals surface area (Å²) in [7, 11) is 0. The van der Waals surface area contributed by atoms with Gasteiger partial charge in [-0.05, 0) is 24.8 Å². The monoisotopic (exact) mass is 246 g/mol. The van der Waals surface area contributed by atoms with Gasteiger partial charge in [0, 0.05) is 6.04 Å². The van der Waals surface area contributed by atoms with Gasteiger partial charge in [-0.25, -0.2) is 0 Å². The molecule has 3 heteroatoms. The maximum absolute atomic E-state index is 12.0. The summed E-state index contributed by atoms with van der Waals surface area (Å²) in [5, 5.41) is 3.07. The molecule has 3 nitrogen and oxygen atoms in total. The summed E-state index contributed by atoms with van der Waals surface area (Å²) in [5.74, 6) is -0.00856. The highest BCUT2D eigenvalue weighted by molar-refractivity contribution is 5.82. The lowest BCUT2D eigenvalue weighted by molar-refractivity contribution is -0.123. The van der Waals surface area contributed by atoms with Crippen LogP contribution in [0.4, 0.5) is 0 Å². The normalized spacial score (nSPS) is 18.3. The van der Waals surface area contributed by atoms with Crippen LogP contribution in [0.3, 0.4) is 0 Å². The third-order valence-electron chi connectivity index (χ3n) is 3.59. The Labute approximate surface area is 109 Å². The van der Waals surface area contributed by atoms with Crippen molar-refractivity contribution in [1.82, 2.24) is 5.32 Å². The first-order chi connectivity index (χ1) is 8.75. The molecule has 1 fully saturated rings. The number of hydrogen-bond acceptors (Lipinski definition) is 2. The van der Waals surface area contributed by atoms with Gasteiger partial charge in [-0.1, -0.05) is 49.6 Å². The highest BCUT2D eigenvalue weighted by Gasteiger charge is 2.19. The molecule has 1 amide bonds. The van der Waals surface area contributed by atoms with E-state index in [9.17, 15) is 4.79 Å². The van der Waals surface area contributed by atoms with Crippen LogP contribution in [0.5, 0.6) is 0 Å². The van der Waals surface area contributed by atoms with E-state index >= 15 is 0 Å². The van der Waals surface area contributed by atoms with Gasteiger partial charge >= 0.3 is 0 Å². The molecule has 1 aliphatic rings. The van der Waals surface area contributed by atoms with E-state index in [1.54, 1.807) is 0 Å². The summed E-state index contributed by atoms with van der Waals surface area (Å²) in [6.45, 7) is 0. The summed E-state index contributed by atoms with van der Waals surface area (Å²) in [6, 6.07) is 9.84. The third-order valence-corrected chi connectivity index (χ3v) is 3.59. The molecule has 0 bridgehead atoms. The van der Waals surface area contributed by atoms with Gasteiger partial charge in [-0.3, -0.25) is 4.79 Å². The van der Waals surface area contributed by atoms with Crippen LogP contribution in [0.25, 0.3) is 0 Å². The van der Waals surface area contributed by atoms with Gasteiger partial charge in [-0.15, -0.1) is 0 Å². The van der Waals surface area contributed by atoms with E-state index in [1.807, 2.05) is 30.3 Å². The molecule has 0 radical (unpaired) electrons. The van der Waals surface area contributed by atoms with E-state index < -0.39 is 6.04 Å². The van der Waals surface area contributed by atoms with Crippen LogP contribution in [0.15, 0.2) is 30.3 Å². The summed E-state index contributed by atoms with van der Waals surface area (Å²) in [6.07, 6.45) is 6.55. The van der Waals surface area contributed by atoms with Crippen molar-refractivity contribution in [2.45, 2.75) is 50.6 Å². The van der Waals surface area contributed by atoms with Gasteiger partial charge < -0.3 is 11.1 Å². The van der Waals surface area contributed by atoms with Crippen molar-refractivity contribution in [3.63, 3.8) is 0 Å². The number of carbonyl (C=O) groups excluding carboxylic acids is 1. The summed E-state index contributed by atoms with van der Waals surface area (Å²) in [4.78, 5) is 12.0. The molecule has 98 valence electrons. The first-order valence-electron chi connectivity index (χ1n) is 6.85.